The molecule has 0 aromatic heterocycles. The Morgan fingerprint density at radius 1 is 1.23 bits per heavy atom. The third-order valence-corrected chi connectivity index (χ3v) is 3.61. The maximum atomic E-state index is 11.8. The van der Waals surface area contributed by atoms with Gasteiger partial charge in [-0.2, -0.15) is 0 Å². The molecule has 0 fully saturated rings. The van der Waals surface area contributed by atoms with Gasteiger partial charge in [0.05, 0.1) is 0 Å². The van der Waals surface area contributed by atoms with Crippen molar-refractivity contribution in [3.63, 3.8) is 0 Å². The van der Waals surface area contributed by atoms with Crippen LogP contribution in [0.25, 0.3) is 0 Å². The Kier molecular flexibility index (Phi) is 13.3. The Morgan fingerprint density at radius 3 is 2.32 bits per heavy atom. The monoisotopic (exact) mass is 349 g/mol. The van der Waals surface area contributed by atoms with Crippen LogP contribution in [0.1, 0.15) is 27.2 Å². The lowest BCUT2D eigenvalue weighted by Gasteiger charge is -2.23. The molecule has 3 N–H and O–H groups in total. The number of hydrogen-bond donors (Lipinski definition) is 2. The zero-order chi connectivity index (χ0) is 15.0. The molecule has 4 nitrogen and oxygen atoms in total. The number of para-hydroxylation sites is 1. The third kappa shape index (κ3) is 7.87. The summed E-state index contributed by atoms with van der Waals surface area (Å²) < 4.78 is 0. The second kappa shape index (κ2) is 12.6. The summed E-state index contributed by atoms with van der Waals surface area (Å²) in [5.41, 5.74) is 6.94. The predicted octanol–water partition coefficient (Wildman–Crippen LogP) is 2.85. The van der Waals surface area contributed by atoms with Crippen molar-refractivity contribution < 1.29 is 4.79 Å². The van der Waals surface area contributed by atoms with E-state index in [-0.39, 0.29) is 42.7 Å². The maximum absolute atomic E-state index is 11.8. The number of nitrogens with two attached hydrogens (primary N) is 1. The summed E-state index contributed by atoms with van der Waals surface area (Å²) in [6.07, 6.45) is 0.931. The van der Waals surface area contributed by atoms with Gasteiger partial charge in [0.1, 0.15) is 0 Å². The molecule has 0 aliphatic carbocycles. The van der Waals surface area contributed by atoms with E-state index < -0.39 is 0 Å². The maximum Gasteiger partial charge on any atom is 0.224 e. The number of anilines is 1. The molecule has 22 heavy (non-hydrogen) atoms. The molecule has 0 heterocycles. The Labute approximate surface area is 146 Å². The molecule has 6 heteroatoms. The SMILES string of the molecule is CCN(CCCNC(=O)C(C)C(C)N)c1ccccc1.Cl.Cl. The highest BCUT2D eigenvalue weighted by molar-refractivity contribution is 5.85. The molecule has 0 bridgehead atoms. The van der Waals surface area contributed by atoms with Crippen molar-refractivity contribution >= 4 is 36.4 Å². The average Bonchev–Trinajstić information content (AvgIpc) is 2.47. The van der Waals surface area contributed by atoms with Crippen LogP contribution in [-0.4, -0.2) is 31.6 Å². The van der Waals surface area contributed by atoms with E-state index in [0.717, 1.165) is 19.5 Å². The first-order chi connectivity index (χ1) is 9.56. The largest absolute Gasteiger partial charge is 0.372 e. The highest BCUT2D eigenvalue weighted by atomic mass is 35.5. The average molecular weight is 350 g/mol. The first-order valence-corrected chi connectivity index (χ1v) is 7.39. The molecule has 0 saturated heterocycles. The first-order valence-electron chi connectivity index (χ1n) is 7.39. The molecule has 1 rings (SSSR count). The highest BCUT2D eigenvalue weighted by Crippen LogP contribution is 2.12. The summed E-state index contributed by atoms with van der Waals surface area (Å²) in [6.45, 7) is 8.46. The van der Waals surface area contributed by atoms with Gasteiger partial charge in [0.25, 0.3) is 0 Å². The Bertz CT molecular complexity index is 402. The summed E-state index contributed by atoms with van der Waals surface area (Å²) in [5.74, 6) is -0.0887. The fraction of sp³-hybridized carbons (Fsp3) is 0.562. The fourth-order valence-electron chi connectivity index (χ4n) is 1.99. The van der Waals surface area contributed by atoms with Crippen molar-refractivity contribution in [1.82, 2.24) is 5.32 Å². The van der Waals surface area contributed by atoms with Gasteiger partial charge >= 0.3 is 0 Å². The zero-order valence-corrected chi connectivity index (χ0v) is 15.3. The number of nitrogens with one attached hydrogen (secondary N) is 1. The van der Waals surface area contributed by atoms with E-state index in [1.807, 2.05) is 32.0 Å². The lowest BCUT2D eigenvalue weighted by atomic mass is 10.0. The third-order valence-electron chi connectivity index (χ3n) is 3.61. The molecular formula is C16H29Cl2N3O. The lowest BCUT2D eigenvalue weighted by Crippen LogP contribution is -2.39. The van der Waals surface area contributed by atoms with E-state index in [1.54, 1.807) is 0 Å². The molecule has 2 unspecified atom stereocenters. The summed E-state index contributed by atoms with van der Waals surface area (Å²) in [5, 5.41) is 2.95. The molecule has 1 aromatic carbocycles. The molecule has 0 aliphatic rings. The second-order valence-corrected chi connectivity index (χ2v) is 5.21. The number of carbonyl (C=O) groups is 1. The molecule has 0 spiro atoms. The summed E-state index contributed by atoms with van der Waals surface area (Å²) in [6, 6.07) is 10.2. The second-order valence-electron chi connectivity index (χ2n) is 5.21. The van der Waals surface area contributed by atoms with Crippen LogP contribution in [0.15, 0.2) is 30.3 Å². The van der Waals surface area contributed by atoms with Crippen molar-refractivity contribution in [3.05, 3.63) is 30.3 Å². The van der Waals surface area contributed by atoms with Crippen LogP contribution in [0.2, 0.25) is 0 Å². The normalized spacial score (nSPS) is 12.4. The molecule has 0 saturated carbocycles. The first kappa shape index (κ1) is 23.3. The number of rotatable bonds is 8. The topological polar surface area (TPSA) is 58.4 Å². The van der Waals surface area contributed by atoms with Gasteiger partial charge in [-0.25, -0.2) is 0 Å². The van der Waals surface area contributed by atoms with Gasteiger partial charge in [-0.3, -0.25) is 4.79 Å². The molecule has 128 valence electrons. The van der Waals surface area contributed by atoms with Gasteiger partial charge in [-0.1, -0.05) is 25.1 Å². The van der Waals surface area contributed by atoms with E-state index in [4.69, 9.17) is 5.73 Å². The van der Waals surface area contributed by atoms with E-state index in [2.05, 4.69) is 29.3 Å². The van der Waals surface area contributed by atoms with Gasteiger partial charge in [0.2, 0.25) is 5.91 Å². The van der Waals surface area contributed by atoms with Gasteiger partial charge < -0.3 is 16.0 Å². The quantitative estimate of drug-likeness (QED) is 0.709. The minimum absolute atomic E-state index is 0. The smallest absolute Gasteiger partial charge is 0.224 e. The number of amides is 1. The molecular weight excluding hydrogens is 321 g/mol. The van der Waals surface area contributed by atoms with Gasteiger partial charge in [0.15, 0.2) is 0 Å². The lowest BCUT2D eigenvalue weighted by molar-refractivity contribution is -0.124. The molecule has 1 amide bonds. The van der Waals surface area contributed by atoms with Crippen LogP contribution in [0.4, 0.5) is 5.69 Å². The van der Waals surface area contributed by atoms with Crippen molar-refractivity contribution in [2.45, 2.75) is 33.2 Å². The Morgan fingerprint density at radius 2 is 1.82 bits per heavy atom. The van der Waals surface area contributed by atoms with Crippen LogP contribution in [0, 0.1) is 5.92 Å². The van der Waals surface area contributed by atoms with E-state index in [9.17, 15) is 4.79 Å². The number of carbonyl (C=O) groups excluding carboxylic acids is 1. The number of nitrogens with zero attached hydrogens (tertiary/aromatic N) is 1. The minimum atomic E-state index is -0.133. The van der Waals surface area contributed by atoms with Gasteiger partial charge in [-0.15, -0.1) is 24.8 Å². The summed E-state index contributed by atoms with van der Waals surface area (Å²) in [4.78, 5) is 14.1. The van der Waals surface area contributed by atoms with Crippen LogP contribution < -0.4 is 16.0 Å². The van der Waals surface area contributed by atoms with Gasteiger partial charge in [0, 0.05) is 37.3 Å². The van der Waals surface area contributed by atoms with Crippen LogP contribution in [0.3, 0.4) is 0 Å². The zero-order valence-electron chi connectivity index (χ0n) is 13.6. The van der Waals surface area contributed by atoms with Crippen molar-refractivity contribution in [1.29, 1.82) is 0 Å². The number of halogens is 2. The number of benzene rings is 1. The van der Waals surface area contributed by atoms with E-state index in [0.29, 0.717) is 6.54 Å². The van der Waals surface area contributed by atoms with Gasteiger partial charge in [-0.05, 0) is 32.4 Å². The Balaban J connectivity index is 0. The predicted molar refractivity (Wildman–Crippen MR) is 99.3 cm³/mol. The van der Waals surface area contributed by atoms with Crippen LogP contribution in [-0.2, 0) is 4.79 Å². The van der Waals surface area contributed by atoms with Crippen molar-refractivity contribution in [2.75, 3.05) is 24.5 Å². The van der Waals surface area contributed by atoms with Crippen molar-refractivity contribution in [2.24, 2.45) is 11.7 Å². The molecule has 0 aliphatic heterocycles. The molecule has 1 aromatic rings. The Hall–Kier alpha value is -0.970. The number of hydrogen-bond acceptors (Lipinski definition) is 3. The molecule has 2 atom stereocenters. The minimum Gasteiger partial charge on any atom is -0.372 e. The van der Waals surface area contributed by atoms with Crippen LogP contribution >= 0.6 is 24.8 Å². The summed E-state index contributed by atoms with van der Waals surface area (Å²) in [7, 11) is 0. The molecule has 0 radical (unpaired) electrons. The highest BCUT2D eigenvalue weighted by Gasteiger charge is 2.16. The summed E-state index contributed by atoms with van der Waals surface area (Å²) >= 11 is 0. The van der Waals surface area contributed by atoms with E-state index >= 15 is 0 Å². The van der Waals surface area contributed by atoms with Crippen LogP contribution in [0.5, 0.6) is 0 Å². The van der Waals surface area contributed by atoms with Crippen molar-refractivity contribution in [3.8, 4) is 0 Å². The standard InChI is InChI=1S/C16H27N3O.2ClH/c1-4-19(15-9-6-5-7-10-15)12-8-11-18-16(20)13(2)14(3)17;;/h5-7,9-10,13-14H,4,8,11-12,17H2,1-3H3,(H,18,20);2*1H. The van der Waals surface area contributed by atoms with E-state index in [1.165, 1.54) is 5.69 Å². The fourth-order valence-corrected chi connectivity index (χ4v) is 1.99.